The van der Waals surface area contributed by atoms with Gasteiger partial charge in [0, 0.05) is 32.4 Å². The van der Waals surface area contributed by atoms with Gasteiger partial charge in [-0.25, -0.2) is 0 Å². The normalized spacial score (nSPS) is 28.6. The first-order valence-electron chi connectivity index (χ1n) is 27.0. The van der Waals surface area contributed by atoms with Crippen LogP contribution >= 0.6 is 0 Å². The minimum absolute atomic E-state index is 0.0773. The van der Waals surface area contributed by atoms with Crippen molar-refractivity contribution in [2.24, 2.45) is 17.6 Å². The number of amides is 8. The maximum Gasteiger partial charge on any atom is 0.248 e. The van der Waals surface area contributed by atoms with Crippen molar-refractivity contribution in [2.45, 2.75) is 216 Å². The van der Waals surface area contributed by atoms with Crippen molar-refractivity contribution in [1.82, 2.24) is 36.4 Å². The van der Waals surface area contributed by atoms with Gasteiger partial charge in [0.05, 0.1) is 30.8 Å². The maximum absolute atomic E-state index is 14.4. The molecule has 0 radical (unpaired) electrons. The molecule has 16 atom stereocenters. The molecule has 1 aromatic rings. The fraction of sp³-hybridized carbons (Fsp3) is 0.731. The zero-order valence-corrected chi connectivity index (χ0v) is 44.5. The molecular weight excluding hydrogens is 1010 g/mol. The summed E-state index contributed by atoms with van der Waals surface area (Å²) < 4.78 is 0. The Hall–Kier alpha value is -5.54. The molecule has 3 saturated heterocycles. The molecule has 25 nitrogen and oxygen atoms in total. The molecule has 4 rings (SSSR count). The number of aliphatic hydroxyl groups excluding tert-OH is 8. The predicted octanol–water partition coefficient (Wildman–Crippen LogP) is -2.56. The highest BCUT2D eigenvalue weighted by Crippen LogP contribution is 2.27. The number of phenols is 1. The molecule has 2 unspecified atom stereocenters. The number of aliphatic hydroxyl groups is 8. The van der Waals surface area contributed by atoms with Gasteiger partial charge in [-0.1, -0.05) is 90.7 Å². The molecule has 0 bridgehead atoms. The number of primary amides is 1. The highest BCUT2D eigenvalue weighted by molar-refractivity contribution is 5.98. The van der Waals surface area contributed by atoms with E-state index in [-0.39, 0.29) is 24.2 Å². The molecule has 25 heteroatoms. The number of nitrogens with one attached hydrogen (secondary N) is 5. The van der Waals surface area contributed by atoms with Crippen molar-refractivity contribution in [3.05, 3.63) is 29.8 Å². The van der Waals surface area contributed by atoms with E-state index in [1.807, 2.05) is 0 Å². The van der Waals surface area contributed by atoms with Crippen LogP contribution in [0.25, 0.3) is 0 Å². The topological polar surface area (TPSA) is 411 Å². The summed E-state index contributed by atoms with van der Waals surface area (Å²) in [4.78, 5) is 112. The van der Waals surface area contributed by atoms with Crippen LogP contribution in [-0.2, 0) is 38.4 Å². The predicted molar refractivity (Wildman–Crippen MR) is 275 cm³/mol. The van der Waals surface area contributed by atoms with Crippen molar-refractivity contribution < 1.29 is 84.3 Å². The van der Waals surface area contributed by atoms with E-state index in [0.717, 1.165) is 74.1 Å². The molecule has 3 fully saturated rings. The number of rotatable bonds is 22. The molecule has 77 heavy (non-hydrogen) atoms. The molecule has 0 aliphatic carbocycles. The minimum atomic E-state index is -2.36. The third kappa shape index (κ3) is 18.8. The van der Waals surface area contributed by atoms with Crippen LogP contribution in [0.3, 0.4) is 0 Å². The average Bonchev–Trinajstić information content (AvgIpc) is 3.97. The highest BCUT2D eigenvalue weighted by Gasteiger charge is 2.49. The number of unbranched alkanes of at least 4 members (excludes halogenated alkanes) is 7. The molecule has 1 aromatic carbocycles. The number of aromatic hydroxyl groups is 1. The van der Waals surface area contributed by atoms with Crippen LogP contribution in [0.1, 0.15) is 142 Å². The lowest BCUT2D eigenvalue weighted by atomic mass is 9.91. The Morgan fingerprint density at radius 3 is 1.90 bits per heavy atom. The van der Waals surface area contributed by atoms with Gasteiger partial charge in [0.15, 0.2) is 6.23 Å². The van der Waals surface area contributed by atoms with Crippen LogP contribution in [0.4, 0.5) is 0 Å². The van der Waals surface area contributed by atoms with E-state index in [1.165, 1.54) is 25.7 Å². The van der Waals surface area contributed by atoms with Crippen LogP contribution in [0.15, 0.2) is 24.3 Å². The van der Waals surface area contributed by atoms with Gasteiger partial charge in [-0.3, -0.25) is 38.4 Å². The average molecular weight is 1090 g/mol. The second-order valence-electron chi connectivity index (χ2n) is 21.3. The molecule has 3 aliphatic heterocycles. The number of nitrogens with zero attached hydrogens (tertiary/aromatic N) is 2. The van der Waals surface area contributed by atoms with E-state index in [0.29, 0.717) is 23.7 Å². The zero-order valence-electron chi connectivity index (χ0n) is 44.5. The largest absolute Gasteiger partial charge is 0.508 e. The van der Waals surface area contributed by atoms with E-state index in [1.54, 1.807) is 0 Å². The molecule has 0 aromatic heterocycles. The van der Waals surface area contributed by atoms with Crippen molar-refractivity contribution in [3.8, 4) is 5.75 Å². The molecule has 16 N–H and O–H groups in total. The summed E-state index contributed by atoms with van der Waals surface area (Å²) >= 11 is 0. The third-order valence-electron chi connectivity index (χ3n) is 14.8. The lowest BCUT2D eigenvalue weighted by molar-refractivity contribution is -0.149. The second-order valence-corrected chi connectivity index (χ2v) is 21.3. The van der Waals surface area contributed by atoms with Gasteiger partial charge in [0.2, 0.25) is 47.3 Å². The summed E-state index contributed by atoms with van der Waals surface area (Å²) in [5.74, 6) is -8.47. The Labute approximate surface area is 448 Å². The van der Waals surface area contributed by atoms with Crippen LogP contribution in [0, 0.1) is 11.8 Å². The van der Waals surface area contributed by atoms with Crippen molar-refractivity contribution in [3.63, 3.8) is 0 Å². The smallest absolute Gasteiger partial charge is 0.248 e. The minimum Gasteiger partial charge on any atom is -0.508 e. The zero-order chi connectivity index (χ0) is 57.3. The van der Waals surface area contributed by atoms with Crippen LogP contribution < -0.4 is 32.3 Å². The molecule has 0 saturated carbocycles. The molecular formula is C52H84N8O17. The Morgan fingerprint density at radius 2 is 1.29 bits per heavy atom. The van der Waals surface area contributed by atoms with Gasteiger partial charge in [-0.2, -0.15) is 0 Å². The number of phenolic OH excluding ortho intramolecular Hbond substituents is 1. The summed E-state index contributed by atoms with van der Waals surface area (Å²) in [6.07, 6.45) is -7.64. The van der Waals surface area contributed by atoms with E-state index < -0.39 is 165 Å². The number of carbonyl (C=O) groups excluding carboxylic acids is 8. The molecule has 0 spiro atoms. The number of hydrogen-bond acceptors (Lipinski definition) is 17. The molecule has 3 heterocycles. The van der Waals surface area contributed by atoms with Crippen molar-refractivity contribution in [2.75, 3.05) is 13.1 Å². The number of hydrogen-bond donors (Lipinski definition) is 15. The Balaban J connectivity index is 1.64. The van der Waals surface area contributed by atoms with E-state index in [9.17, 15) is 84.3 Å². The summed E-state index contributed by atoms with van der Waals surface area (Å²) in [6.45, 7) is 6.86. The standard InChI is InChI=1S/C52H84N8O17/c1-5-27(2)22-28(3)14-12-10-8-6-7-9-11-13-15-39(68)54-33-24-37(66)48(73)58-50(75)43-35(64)20-21-59(43)52(77)41(36(65)25-38(53)67)56-49(74)42(45(70)44(69)30-16-18-31(62)19-17-30)57-47(72)34-23-32(63)26-60(34)51(76)40(29(4)61)55-46(33)71/h16-19,27-29,32-37,40-45,48,61-66,69-70,73H,5-15,20-26H2,1-4H3,(H2,53,67)(H,54,68)(H,55,71)(H,56,74)(H,57,72)(H,58,75)/t27?,28?,29-,32-,33+,34+,35+,36-,37-,40+,41+,42+,43+,44+,45+,48-/m1/s1. The monoisotopic (exact) mass is 1090 g/mol. The first kappa shape index (κ1) is 64.0. The summed E-state index contributed by atoms with van der Waals surface area (Å²) in [6, 6.07) is -7.37. The second kappa shape index (κ2) is 30.6. The number of nitrogens with two attached hydrogens (primary N) is 1. The van der Waals surface area contributed by atoms with Crippen molar-refractivity contribution >= 4 is 47.3 Å². The fourth-order valence-corrected chi connectivity index (χ4v) is 10.1. The van der Waals surface area contributed by atoms with Gasteiger partial charge in [0.25, 0.3) is 0 Å². The van der Waals surface area contributed by atoms with E-state index in [2.05, 4.69) is 47.4 Å². The van der Waals surface area contributed by atoms with Gasteiger partial charge in [-0.05, 0) is 55.7 Å². The highest BCUT2D eigenvalue weighted by atomic mass is 16.3. The summed E-state index contributed by atoms with van der Waals surface area (Å²) in [5, 5.41) is 110. The molecule has 8 amide bonds. The van der Waals surface area contributed by atoms with Gasteiger partial charge in [-0.15, -0.1) is 0 Å². The van der Waals surface area contributed by atoms with Gasteiger partial charge in [0.1, 0.15) is 60.3 Å². The molecule has 3 aliphatic rings. The SMILES string of the molecule is CCC(C)CC(C)CCCCCCCCCCC(=O)N[C@H]1C[C@@H](O)[C@@H](O)NC(=O)[C@@H]2[C@@H](O)CCN2C(=O)[C@H]([C@H](O)CC(N)=O)NC(=O)[C@H]([C@H](O)[C@@H](O)c2ccc(O)cc2)NC(=O)[C@@H]2C[C@@H](O)CN2C(=O)[C@H]([C@@H](C)O)NC1=O. The lowest BCUT2D eigenvalue weighted by Crippen LogP contribution is -2.64. The summed E-state index contributed by atoms with van der Waals surface area (Å²) in [5.41, 5.74) is 5.21. The van der Waals surface area contributed by atoms with Gasteiger partial charge >= 0.3 is 0 Å². The first-order chi connectivity index (χ1) is 36.3. The summed E-state index contributed by atoms with van der Waals surface area (Å²) in [7, 11) is 0. The number of fused-ring (bicyclic) bond motifs is 2. The van der Waals surface area contributed by atoms with Crippen molar-refractivity contribution in [1.29, 1.82) is 0 Å². The van der Waals surface area contributed by atoms with Gasteiger partial charge < -0.3 is 88.1 Å². The maximum atomic E-state index is 14.4. The fourth-order valence-electron chi connectivity index (χ4n) is 10.1. The Morgan fingerprint density at radius 1 is 0.701 bits per heavy atom. The lowest BCUT2D eigenvalue weighted by Gasteiger charge is -2.34. The van der Waals surface area contributed by atoms with Crippen LogP contribution in [0.5, 0.6) is 5.75 Å². The van der Waals surface area contributed by atoms with Crippen LogP contribution in [0.2, 0.25) is 0 Å². The number of benzene rings is 1. The van der Waals surface area contributed by atoms with Crippen LogP contribution in [-0.4, -0.2) is 195 Å². The quantitative estimate of drug-likeness (QED) is 0.0531. The molecule has 434 valence electrons. The Kier molecular flexibility index (Phi) is 25.4. The van der Waals surface area contributed by atoms with E-state index >= 15 is 0 Å². The first-order valence-corrected chi connectivity index (χ1v) is 27.0. The number of carbonyl (C=O) groups is 8. The third-order valence-corrected chi connectivity index (χ3v) is 14.8. The Bertz CT molecular complexity index is 2140. The van der Waals surface area contributed by atoms with E-state index in [4.69, 9.17) is 5.73 Å².